The summed E-state index contributed by atoms with van der Waals surface area (Å²) in [5.74, 6) is -0.318. The SMILES string of the molecule is C[C@@H]1C(C[Si](C)(C)C)=C[C@H](/C=C/CO[Si](C)(C)C(C)(C)C)C2(C(=O)C3CC=C(O[Si](C)(C)C(C)(C)C)CS3)C(=O)N(C(=O)c3ccccc3)C(Cc3ccccc3)C12. The molecule has 4 unspecified atom stereocenters. The Balaban J connectivity index is 1.70. The molecule has 0 radical (unpaired) electrons. The fraction of sp³-hybridized carbons (Fsp3) is 0.562. The highest BCUT2D eigenvalue weighted by atomic mass is 32.2. The summed E-state index contributed by atoms with van der Waals surface area (Å²) in [6.07, 6.45) is 9.48. The number of ketones is 1. The van der Waals surface area contributed by atoms with Gasteiger partial charge in [-0.2, -0.15) is 0 Å². The highest BCUT2D eigenvalue weighted by Crippen LogP contribution is 2.60. The Hall–Kier alpha value is -2.77. The maximum absolute atomic E-state index is 16.0. The average molecular weight is 858 g/mol. The van der Waals surface area contributed by atoms with Crippen LogP contribution in [0.5, 0.6) is 0 Å². The number of likely N-dealkylation sites (tertiary alicyclic amines) is 1. The summed E-state index contributed by atoms with van der Waals surface area (Å²) in [4.78, 5) is 48.4. The van der Waals surface area contributed by atoms with Gasteiger partial charge in [0.2, 0.25) is 14.2 Å². The van der Waals surface area contributed by atoms with Crippen molar-refractivity contribution in [3.8, 4) is 0 Å². The summed E-state index contributed by atoms with van der Waals surface area (Å²) in [6.45, 7) is 32.2. The van der Waals surface area contributed by atoms with E-state index in [2.05, 4.69) is 131 Å². The Morgan fingerprint density at radius 1 is 0.879 bits per heavy atom. The first-order valence-corrected chi connectivity index (χ1v) is 31.9. The average Bonchev–Trinajstić information content (AvgIpc) is 3.39. The molecule has 0 aromatic heterocycles. The molecule has 2 amide bonds. The molecule has 58 heavy (non-hydrogen) atoms. The topological polar surface area (TPSA) is 72.9 Å². The molecule has 1 saturated heterocycles. The zero-order valence-corrected chi connectivity index (χ0v) is 41.7. The van der Waals surface area contributed by atoms with Gasteiger partial charge in [0.1, 0.15) is 5.41 Å². The lowest BCUT2D eigenvalue weighted by molar-refractivity contribution is -0.147. The van der Waals surface area contributed by atoms with E-state index < -0.39 is 53.3 Å². The molecule has 2 aliphatic heterocycles. The summed E-state index contributed by atoms with van der Waals surface area (Å²) in [7, 11) is -5.82. The van der Waals surface area contributed by atoms with Crippen LogP contribution < -0.4 is 0 Å². The van der Waals surface area contributed by atoms with E-state index in [4.69, 9.17) is 8.85 Å². The van der Waals surface area contributed by atoms with Gasteiger partial charge >= 0.3 is 0 Å². The first kappa shape index (κ1) is 46.3. The van der Waals surface area contributed by atoms with Crippen molar-refractivity contribution in [2.24, 2.45) is 23.2 Å². The molecule has 0 N–H and O–H groups in total. The highest BCUT2D eigenvalue weighted by molar-refractivity contribution is 8.00. The third-order valence-electron chi connectivity index (χ3n) is 13.7. The number of allylic oxidation sites excluding steroid dienone is 4. The second-order valence-corrected chi connectivity index (χ2v) is 37.4. The predicted octanol–water partition coefficient (Wildman–Crippen LogP) is 12.0. The van der Waals surface area contributed by atoms with Gasteiger partial charge in [0.25, 0.3) is 5.91 Å². The Kier molecular flexibility index (Phi) is 13.8. The zero-order valence-electron chi connectivity index (χ0n) is 37.9. The standard InChI is InChI=1S/C48H71NO5SSi3/c1-34-37(33-56(8,9)10)31-38(26-21-29-53-57(11,12)46(2,3)4)48(43(50)41-28-27-39(32-55-41)54-58(13,14)47(5,6)7)42(34)40(30-35-22-17-15-18-23-35)49(45(48)52)44(51)36-24-19-16-20-25-36/h15-27,31,34,38,40-42H,28-30,32-33H2,1-14H3/b26-21+/t34-,38+,40?,41?,42?,48?/m1/s1. The van der Waals surface area contributed by atoms with E-state index in [-0.39, 0.29) is 33.6 Å². The fourth-order valence-corrected chi connectivity index (χ4v) is 13.5. The summed E-state index contributed by atoms with van der Waals surface area (Å²) in [5, 5.41) is -0.375. The van der Waals surface area contributed by atoms with Crippen molar-refractivity contribution in [2.45, 2.75) is 135 Å². The van der Waals surface area contributed by atoms with Gasteiger partial charge in [-0.05, 0) is 84.8 Å². The smallest absolute Gasteiger partial charge is 0.260 e. The van der Waals surface area contributed by atoms with Crippen LogP contribution in [0.15, 0.2) is 96.3 Å². The quantitative estimate of drug-likeness (QED) is 0.0865. The highest BCUT2D eigenvalue weighted by Gasteiger charge is 2.70. The first-order valence-electron chi connectivity index (χ1n) is 21.3. The van der Waals surface area contributed by atoms with Crippen molar-refractivity contribution >= 4 is 54.1 Å². The second-order valence-electron chi connectivity index (χ2n) is 21.2. The summed E-state index contributed by atoms with van der Waals surface area (Å²) in [5.41, 5.74) is 1.31. The van der Waals surface area contributed by atoms with Gasteiger partial charge in [-0.1, -0.05) is 140 Å². The van der Waals surface area contributed by atoms with Crippen LogP contribution in [0, 0.1) is 23.2 Å². The van der Waals surface area contributed by atoms with Gasteiger partial charge in [0.15, 0.2) is 14.1 Å². The minimum absolute atomic E-state index is 0.0387. The molecular weight excluding hydrogens is 787 g/mol. The van der Waals surface area contributed by atoms with Crippen molar-refractivity contribution < 1.29 is 23.2 Å². The molecule has 10 heteroatoms. The minimum Gasteiger partial charge on any atom is -0.546 e. The molecule has 0 bridgehead atoms. The molecule has 0 spiro atoms. The Labute approximate surface area is 358 Å². The molecule has 0 saturated carbocycles. The van der Waals surface area contributed by atoms with Crippen LogP contribution in [0.2, 0.25) is 61.9 Å². The van der Waals surface area contributed by atoms with Crippen LogP contribution in [0.4, 0.5) is 0 Å². The lowest BCUT2D eigenvalue weighted by Gasteiger charge is -2.47. The van der Waals surface area contributed by atoms with E-state index in [0.29, 0.717) is 30.8 Å². The van der Waals surface area contributed by atoms with Crippen molar-refractivity contribution in [1.82, 2.24) is 4.90 Å². The lowest BCUT2D eigenvalue weighted by atomic mass is 9.54. The van der Waals surface area contributed by atoms with Crippen LogP contribution in [0.1, 0.15) is 70.8 Å². The number of Topliss-reactive ketones (excluding diaryl/α,β-unsaturated/α-hetero) is 1. The second kappa shape index (κ2) is 17.3. The number of imide groups is 1. The maximum Gasteiger partial charge on any atom is 0.260 e. The van der Waals surface area contributed by atoms with Gasteiger partial charge in [-0.15, -0.1) is 11.8 Å². The van der Waals surface area contributed by atoms with E-state index in [1.165, 1.54) is 10.5 Å². The number of rotatable bonds is 13. The first-order chi connectivity index (χ1) is 26.8. The van der Waals surface area contributed by atoms with Gasteiger partial charge < -0.3 is 8.85 Å². The summed E-state index contributed by atoms with van der Waals surface area (Å²) >= 11 is 1.60. The number of hydrogen-bond donors (Lipinski definition) is 0. The van der Waals surface area contributed by atoms with Crippen LogP contribution in [-0.2, 0) is 24.9 Å². The van der Waals surface area contributed by atoms with E-state index in [1.54, 1.807) is 23.9 Å². The number of benzene rings is 2. The van der Waals surface area contributed by atoms with Crippen molar-refractivity contribution in [3.63, 3.8) is 0 Å². The maximum atomic E-state index is 16.0. The largest absolute Gasteiger partial charge is 0.546 e. The number of hydrogen-bond acceptors (Lipinski definition) is 6. The minimum atomic E-state index is -2.09. The summed E-state index contributed by atoms with van der Waals surface area (Å²) < 4.78 is 13.4. The molecule has 5 rings (SSSR count). The molecule has 316 valence electrons. The molecule has 2 aromatic rings. The molecule has 1 fully saturated rings. The van der Waals surface area contributed by atoms with Crippen LogP contribution in [0.3, 0.4) is 0 Å². The van der Waals surface area contributed by atoms with Crippen molar-refractivity contribution in [3.05, 3.63) is 107 Å². The predicted molar refractivity (Wildman–Crippen MR) is 251 cm³/mol. The van der Waals surface area contributed by atoms with Gasteiger partial charge in [-0.3, -0.25) is 19.3 Å². The molecule has 2 heterocycles. The van der Waals surface area contributed by atoms with E-state index in [0.717, 1.165) is 17.4 Å². The Bertz CT molecular complexity index is 1900. The molecule has 1 aliphatic carbocycles. The van der Waals surface area contributed by atoms with Crippen molar-refractivity contribution in [1.29, 1.82) is 0 Å². The Morgan fingerprint density at radius 3 is 2.00 bits per heavy atom. The monoisotopic (exact) mass is 857 g/mol. The number of amides is 2. The molecule has 6 nitrogen and oxygen atoms in total. The zero-order chi connectivity index (χ0) is 43.1. The number of fused-ring (bicyclic) bond motifs is 1. The van der Waals surface area contributed by atoms with Crippen LogP contribution in [-0.4, -0.2) is 70.9 Å². The lowest BCUT2D eigenvalue weighted by Crippen LogP contribution is -2.55. The van der Waals surface area contributed by atoms with Crippen LogP contribution in [0.25, 0.3) is 0 Å². The number of nitrogens with zero attached hydrogens (tertiary/aromatic N) is 1. The van der Waals surface area contributed by atoms with Gasteiger partial charge in [-0.25, -0.2) is 0 Å². The third-order valence-corrected chi connectivity index (χ3v) is 25.3. The van der Waals surface area contributed by atoms with Crippen LogP contribution >= 0.6 is 11.8 Å². The molecule has 3 aliphatic rings. The summed E-state index contributed by atoms with van der Waals surface area (Å²) in [6, 6.07) is 19.7. The number of carbonyl (C=O) groups is 3. The molecular formula is C48H71NO5SSi3. The van der Waals surface area contributed by atoms with E-state index in [1.807, 2.05) is 36.4 Å². The number of carbonyl (C=O) groups excluding carboxylic acids is 3. The van der Waals surface area contributed by atoms with Crippen molar-refractivity contribution in [2.75, 3.05) is 12.4 Å². The van der Waals surface area contributed by atoms with Gasteiger partial charge in [0, 0.05) is 37.3 Å². The normalized spacial score (nSPS) is 26.0. The third kappa shape index (κ3) is 9.56. The van der Waals surface area contributed by atoms with Gasteiger partial charge in [0.05, 0.1) is 17.6 Å². The fourth-order valence-electron chi connectivity index (χ4n) is 8.53. The Morgan fingerprint density at radius 2 is 1.47 bits per heavy atom. The molecule has 2 aromatic carbocycles. The van der Waals surface area contributed by atoms with E-state index in [9.17, 15) is 4.79 Å². The van der Waals surface area contributed by atoms with E-state index >= 15 is 9.59 Å². The molecule has 6 atom stereocenters. The number of thioether (sulfide) groups is 1.